The Bertz CT molecular complexity index is 213. The molecular formula is C9H19N3O3. The normalized spacial score (nSPS) is 29.3. The first-order chi connectivity index (χ1) is 7.08. The van der Waals surface area contributed by atoms with Gasteiger partial charge in [-0.1, -0.05) is 0 Å². The van der Waals surface area contributed by atoms with E-state index in [1.165, 1.54) is 0 Å². The largest absolute Gasteiger partial charge is 0.377 e. The van der Waals surface area contributed by atoms with Gasteiger partial charge in [-0.05, 0) is 0 Å². The van der Waals surface area contributed by atoms with E-state index in [0.29, 0.717) is 6.54 Å². The molecule has 1 heterocycles. The number of hydrogen-bond acceptors (Lipinski definition) is 5. The Morgan fingerprint density at radius 1 is 1.40 bits per heavy atom. The summed E-state index contributed by atoms with van der Waals surface area (Å²) in [6.07, 6.45) is 0.0742. The summed E-state index contributed by atoms with van der Waals surface area (Å²) in [5.74, 6) is -0.482. The summed E-state index contributed by atoms with van der Waals surface area (Å²) in [6, 6.07) is -0.627. The second-order valence-corrected chi connectivity index (χ2v) is 3.78. The van der Waals surface area contributed by atoms with Crippen molar-refractivity contribution in [1.82, 2.24) is 4.90 Å². The maximum absolute atomic E-state index is 10.8. The van der Waals surface area contributed by atoms with Gasteiger partial charge in [-0.3, -0.25) is 9.69 Å². The van der Waals surface area contributed by atoms with Gasteiger partial charge in [-0.15, -0.1) is 0 Å². The topological polar surface area (TPSA) is 90.8 Å². The quantitative estimate of drug-likeness (QED) is 0.564. The zero-order valence-corrected chi connectivity index (χ0v) is 9.18. The number of nitrogens with two attached hydrogens (primary N) is 2. The van der Waals surface area contributed by atoms with Crippen LogP contribution in [0.25, 0.3) is 0 Å². The van der Waals surface area contributed by atoms with Gasteiger partial charge in [-0.25, -0.2) is 0 Å². The predicted molar refractivity (Wildman–Crippen MR) is 55.2 cm³/mol. The molecule has 3 atom stereocenters. The minimum Gasteiger partial charge on any atom is -0.377 e. The SMILES string of the molecule is COC1CN(CC(N)C(N)=O)CC1OC. The molecule has 0 saturated carbocycles. The van der Waals surface area contributed by atoms with E-state index in [-0.39, 0.29) is 12.2 Å². The van der Waals surface area contributed by atoms with E-state index < -0.39 is 11.9 Å². The number of nitrogens with zero attached hydrogens (tertiary/aromatic N) is 1. The highest BCUT2D eigenvalue weighted by Gasteiger charge is 2.33. The highest BCUT2D eigenvalue weighted by Crippen LogP contribution is 2.15. The van der Waals surface area contributed by atoms with Crippen LogP contribution in [0.2, 0.25) is 0 Å². The zero-order chi connectivity index (χ0) is 11.4. The fraction of sp³-hybridized carbons (Fsp3) is 0.889. The van der Waals surface area contributed by atoms with Gasteiger partial charge < -0.3 is 20.9 Å². The van der Waals surface area contributed by atoms with E-state index >= 15 is 0 Å². The molecule has 4 N–H and O–H groups in total. The van der Waals surface area contributed by atoms with Gasteiger partial charge in [0, 0.05) is 33.9 Å². The summed E-state index contributed by atoms with van der Waals surface area (Å²) >= 11 is 0. The molecule has 1 fully saturated rings. The third kappa shape index (κ3) is 3.13. The lowest BCUT2D eigenvalue weighted by atomic mass is 10.3. The van der Waals surface area contributed by atoms with Crippen molar-refractivity contribution in [2.45, 2.75) is 18.2 Å². The number of carbonyl (C=O) groups is 1. The molecule has 1 aliphatic rings. The monoisotopic (exact) mass is 217 g/mol. The van der Waals surface area contributed by atoms with Crippen LogP contribution in [0.15, 0.2) is 0 Å². The maximum Gasteiger partial charge on any atom is 0.235 e. The standard InChI is InChI=1S/C9H19N3O3/c1-14-7-4-12(5-8(7)15-2)3-6(10)9(11)13/h6-8H,3-5,10H2,1-2H3,(H2,11,13). The van der Waals surface area contributed by atoms with Crippen LogP contribution in [0.1, 0.15) is 0 Å². The van der Waals surface area contributed by atoms with Crippen molar-refractivity contribution in [2.24, 2.45) is 11.5 Å². The van der Waals surface area contributed by atoms with E-state index in [1.54, 1.807) is 14.2 Å². The fourth-order valence-corrected chi connectivity index (χ4v) is 1.79. The Balaban J connectivity index is 2.43. The van der Waals surface area contributed by atoms with Crippen molar-refractivity contribution >= 4 is 5.91 Å². The van der Waals surface area contributed by atoms with Crippen LogP contribution in [0.4, 0.5) is 0 Å². The van der Waals surface area contributed by atoms with E-state index in [0.717, 1.165) is 13.1 Å². The van der Waals surface area contributed by atoms with Gasteiger partial charge in [-0.2, -0.15) is 0 Å². The van der Waals surface area contributed by atoms with Crippen molar-refractivity contribution in [3.8, 4) is 0 Å². The number of rotatable bonds is 5. The third-order valence-electron chi connectivity index (χ3n) is 2.72. The molecule has 1 aliphatic heterocycles. The number of amides is 1. The number of primary amides is 1. The molecule has 0 aromatic carbocycles. The second kappa shape index (κ2) is 5.41. The Labute approximate surface area is 89.5 Å². The minimum atomic E-state index is -0.627. The molecule has 0 radical (unpaired) electrons. The van der Waals surface area contributed by atoms with E-state index in [4.69, 9.17) is 20.9 Å². The van der Waals surface area contributed by atoms with Gasteiger partial charge in [0.15, 0.2) is 0 Å². The minimum absolute atomic E-state index is 0.0371. The Hall–Kier alpha value is -0.690. The van der Waals surface area contributed by atoms with Crippen LogP contribution < -0.4 is 11.5 Å². The first-order valence-corrected chi connectivity index (χ1v) is 4.91. The number of carbonyl (C=O) groups excluding carboxylic acids is 1. The maximum atomic E-state index is 10.8. The van der Waals surface area contributed by atoms with Crippen LogP contribution in [-0.2, 0) is 14.3 Å². The average Bonchev–Trinajstić information content (AvgIpc) is 2.59. The Kier molecular flexibility index (Phi) is 4.46. The van der Waals surface area contributed by atoms with E-state index in [2.05, 4.69) is 0 Å². The summed E-state index contributed by atoms with van der Waals surface area (Å²) in [5.41, 5.74) is 10.7. The second-order valence-electron chi connectivity index (χ2n) is 3.78. The molecule has 1 amide bonds. The lowest BCUT2D eigenvalue weighted by molar-refractivity contribution is -0.119. The molecule has 3 unspecified atom stereocenters. The smallest absolute Gasteiger partial charge is 0.235 e. The molecular weight excluding hydrogens is 198 g/mol. The third-order valence-corrected chi connectivity index (χ3v) is 2.72. The van der Waals surface area contributed by atoms with Crippen molar-refractivity contribution in [2.75, 3.05) is 33.9 Å². The summed E-state index contributed by atoms with van der Waals surface area (Å²) < 4.78 is 10.5. The van der Waals surface area contributed by atoms with E-state index in [1.807, 2.05) is 4.90 Å². The summed E-state index contributed by atoms with van der Waals surface area (Å²) in [5, 5.41) is 0. The summed E-state index contributed by atoms with van der Waals surface area (Å²) in [6.45, 7) is 1.89. The highest BCUT2D eigenvalue weighted by atomic mass is 16.5. The lowest BCUT2D eigenvalue weighted by Crippen LogP contribution is -2.45. The fourth-order valence-electron chi connectivity index (χ4n) is 1.79. The van der Waals surface area contributed by atoms with Crippen molar-refractivity contribution in [3.63, 3.8) is 0 Å². The number of methoxy groups -OCH3 is 2. The number of hydrogen-bond donors (Lipinski definition) is 2. The number of likely N-dealkylation sites (tertiary alicyclic amines) is 1. The van der Waals surface area contributed by atoms with Gasteiger partial charge in [0.2, 0.25) is 5.91 Å². The number of ether oxygens (including phenoxy) is 2. The lowest BCUT2D eigenvalue weighted by Gasteiger charge is -2.17. The molecule has 0 aromatic rings. The van der Waals surface area contributed by atoms with Crippen LogP contribution in [-0.4, -0.2) is 62.9 Å². The molecule has 0 spiro atoms. The van der Waals surface area contributed by atoms with Crippen LogP contribution >= 0.6 is 0 Å². The molecule has 0 aromatic heterocycles. The first kappa shape index (κ1) is 12.4. The van der Waals surface area contributed by atoms with Crippen LogP contribution in [0.3, 0.4) is 0 Å². The van der Waals surface area contributed by atoms with Gasteiger partial charge in [0.1, 0.15) is 0 Å². The molecule has 6 heteroatoms. The van der Waals surface area contributed by atoms with Crippen molar-refractivity contribution in [3.05, 3.63) is 0 Å². The van der Waals surface area contributed by atoms with Gasteiger partial charge in [0.05, 0.1) is 18.2 Å². The Morgan fingerprint density at radius 3 is 2.20 bits per heavy atom. The molecule has 0 bridgehead atoms. The molecule has 15 heavy (non-hydrogen) atoms. The Morgan fingerprint density at radius 2 is 1.87 bits per heavy atom. The molecule has 6 nitrogen and oxygen atoms in total. The predicted octanol–water partition coefficient (Wildman–Crippen LogP) is -1.86. The summed E-state index contributed by atoms with van der Waals surface area (Å²) in [4.78, 5) is 12.8. The van der Waals surface area contributed by atoms with Crippen LogP contribution in [0.5, 0.6) is 0 Å². The molecule has 0 aliphatic carbocycles. The highest BCUT2D eigenvalue weighted by molar-refractivity contribution is 5.79. The van der Waals surface area contributed by atoms with Gasteiger partial charge >= 0.3 is 0 Å². The zero-order valence-electron chi connectivity index (χ0n) is 9.18. The van der Waals surface area contributed by atoms with Crippen LogP contribution in [0, 0.1) is 0 Å². The molecule has 1 rings (SSSR count). The van der Waals surface area contributed by atoms with E-state index in [9.17, 15) is 4.79 Å². The first-order valence-electron chi connectivity index (χ1n) is 4.91. The average molecular weight is 217 g/mol. The molecule has 1 saturated heterocycles. The van der Waals surface area contributed by atoms with Crippen molar-refractivity contribution in [1.29, 1.82) is 0 Å². The summed E-state index contributed by atoms with van der Waals surface area (Å²) in [7, 11) is 3.29. The van der Waals surface area contributed by atoms with Crippen molar-refractivity contribution < 1.29 is 14.3 Å². The van der Waals surface area contributed by atoms with Gasteiger partial charge in [0.25, 0.3) is 0 Å². The molecule has 88 valence electrons.